The summed E-state index contributed by atoms with van der Waals surface area (Å²) in [4.78, 5) is 37.0. The fourth-order valence-electron chi connectivity index (χ4n) is 5.90. The molecule has 2 aromatic carbocycles. The standard InChI is InChI=1S/C29H36N4O4/c1-5-31(16-17-36-3)14-9-15-32-27(34)29(2)19-23-22-18-21(37-4)12-13-24(22)30-25(23)26(33(29)28(32)35)20-10-7-6-8-11-20/h6-8,10-13,18,26,30H,5,9,14-17,19H2,1-4H3/t26?,29-/m0/s1. The molecule has 0 radical (unpaired) electrons. The van der Waals surface area contributed by atoms with Gasteiger partial charge >= 0.3 is 6.03 Å². The van der Waals surface area contributed by atoms with E-state index in [1.54, 1.807) is 14.2 Å². The number of aromatic nitrogens is 1. The second-order valence-electron chi connectivity index (χ2n) is 10.1. The summed E-state index contributed by atoms with van der Waals surface area (Å²) < 4.78 is 10.7. The lowest BCUT2D eigenvalue weighted by Gasteiger charge is -2.42. The summed E-state index contributed by atoms with van der Waals surface area (Å²) in [5.74, 6) is 0.642. The number of likely N-dealkylation sites (N-methyl/N-ethyl adjacent to an activating group) is 1. The molecule has 3 amide bonds. The number of aromatic amines is 1. The smallest absolute Gasteiger partial charge is 0.328 e. The van der Waals surface area contributed by atoms with Crippen LogP contribution in [-0.2, 0) is 16.0 Å². The van der Waals surface area contributed by atoms with Crippen molar-refractivity contribution < 1.29 is 19.1 Å². The first kappa shape index (κ1) is 25.3. The predicted molar refractivity (Wildman–Crippen MR) is 143 cm³/mol. The van der Waals surface area contributed by atoms with Crippen LogP contribution in [0.3, 0.4) is 0 Å². The van der Waals surface area contributed by atoms with E-state index in [-0.39, 0.29) is 18.0 Å². The highest BCUT2D eigenvalue weighted by molar-refractivity contribution is 6.08. The molecule has 0 bridgehead atoms. The highest BCUT2D eigenvalue weighted by atomic mass is 16.5. The van der Waals surface area contributed by atoms with Crippen molar-refractivity contribution in [3.63, 3.8) is 0 Å². The number of hydrogen-bond donors (Lipinski definition) is 1. The summed E-state index contributed by atoms with van der Waals surface area (Å²) in [5.41, 5.74) is 3.02. The van der Waals surface area contributed by atoms with Crippen LogP contribution in [0.15, 0.2) is 48.5 Å². The van der Waals surface area contributed by atoms with Gasteiger partial charge in [-0.25, -0.2) is 4.79 Å². The van der Waals surface area contributed by atoms with Gasteiger partial charge < -0.3 is 19.4 Å². The van der Waals surface area contributed by atoms with Crippen molar-refractivity contribution in [2.24, 2.45) is 0 Å². The van der Waals surface area contributed by atoms with Crippen LogP contribution in [0.25, 0.3) is 10.9 Å². The Morgan fingerprint density at radius 1 is 1.11 bits per heavy atom. The van der Waals surface area contributed by atoms with Crippen molar-refractivity contribution >= 4 is 22.8 Å². The van der Waals surface area contributed by atoms with Crippen LogP contribution in [0, 0.1) is 0 Å². The predicted octanol–water partition coefficient (Wildman–Crippen LogP) is 4.20. The van der Waals surface area contributed by atoms with E-state index in [1.807, 2.05) is 60.4 Å². The molecule has 196 valence electrons. The van der Waals surface area contributed by atoms with Crippen LogP contribution in [0.5, 0.6) is 5.75 Å². The maximum absolute atomic E-state index is 14.0. The largest absolute Gasteiger partial charge is 0.497 e. The Kier molecular flexibility index (Phi) is 6.96. The van der Waals surface area contributed by atoms with E-state index in [1.165, 1.54) is 4.90 Å². The van der Waals surface area contributed by atoms with E-state index in [9.17, 15) is 9.59 Å². The number of imide groups is 1. The third kappa shape index (κ3) is 4.28. The quantitative estimate of drug-likeness (QED) is 0.419. The molecule has 8 heteroatoms. The van der Waals surface area contributed by atoms with Gasteiger partial charge in [-0.2, -0.15) is 0 Å². The van der Waals surface area contributed by atoms with Crippen LogP contribution in [0.1, 0.15) is 43.1 Å². The minimum absolute atomic E-state index is 0.124. The number of nitrogens with one attached hydrogen (secondary N) is 1. The molecule has 3 aromatic rings. The molecule has 5 rings (SSSR count). The number of benzene rings is 2. The second kappa shape index (κ2) is 10.2. The first-order valence-corrected chi connectivity index (χ1v) is 13.0. The molecule has 2 aliphatic rings. The first-order chi connectivity index (χ1) is 17.9. The summed E-state index contributed by atoms with van der Waals surface area (Å²) in [6, 6.07) is 15.3. The minimum atomic E-state index is -0.969. The lowest BCUT2D eigenvalue weighted by molar-refractivity contribution is -0.133. The summed E-state index contributed by atoms with van der Waals surface area (Å²) >= 11 is 0. The molecular formula is C29H36N4O4. The van der Waals surface area contributed by atoms with E-state index in [0.717, 1.165) is 59.5 Å². The molecule has 0 saturated carbocycles. The van der Waals surface area contributed by atoms with Crippen molar-refractivity contribution in [1.29, 1.82) is 0 Å². The molecular weight excluding hydrogens is 468 g/mol. The molecule has 1 N–H and O–H groups in total. The molecule has 3 heterocycles. The van der Waals surface area contributed by atoms with E-state index in [2.05, 4.69) is 16.8 Å². The molecule has 1 fully saturated rings. The zero-order chi connectivity index (χ0) is 26.2. The minimum Gasteiger partial charge on any atom is -0.497 e. The Bertz CT molecular complexity index is 1290. The van der Waals surface area contributed by atoms with Gasteiger partial charge in [0, 0.05) is 43.2 Å². The lowest BCUT2D eigenvalue weighted by Crippen LogP contribution is -2.53. The third-order valence-electron chi connectivity index (χ3n) is 7.90. The zero-order valence-corrected chi connectivity index (χ0v) is 22.1. The number of urea groups is 1. The first-order valence-electron chi connectivity index (χ1n) is 13.0. The van der Waals surface area contributed by atoms with Gasteiger partial charge in [-0.1, -0.05) is 37.3 Å². The average molecular weight is 505 g/mol. The molecule has 1 saturated heterocycles. The van der Waals surface area contributed by atoms with E-state index < -0.39 is 5.54 Å². The SMILES string of the molecule is CCN(CCCN1C(=O)N2C(c3ccccc3)c3[nH]c4ccc(OC)cc4c3C[C@@]2(C)C1=O)CCOC. The fourth-order valence-corrected chi connectivity index (χ4v) is 5.90. The number of carbonyl (C=O) groups excluding carboxylic acids is 2. The van der Waals surface area contributed by atoms with Gasteiger partial charge in [-0.3, -0.25) is 14.6 Å². The van der Waals surface area contributed by atoms with Crippen LogP contribution in [0.4, 0.5) is 4.79 Å². The van der Waals surface area contributed by atoms with Crippen LogP contribution < -0.4 is 4.74 Å². The monoisotopic (exact) mass is 504 g/mol. The van der Waals surface area contributed by atoms with E-state index in [0.29, 0.717) is 19.6 Å². The Morgan fingerprint density at radius 3 is 2.59 bits per heavy atom. The summed E-state index contributed by atoms with van der Waals surface area (Å²) in [5, 5.41) is 1.03. The number of amides is 3. The van der Waals surface area contributed by atoms with Gasteiger partial charge in [-0.05, 0) is 55.8 Å². The topological polar surface area (TPSA) is 78.1 Å². The van der Waals surface area contributed by atoms with Crippen LogP contribution in [-0.4, -0.2) is 84.2 Å². The summed E-state index contributed by atoms with van der Waals surface area (Å²) in [6.45, 7) is 7.63. The third-order valence-corrected chi connectivity index (χ3v) is 7.90. The lowest BCUT2D eigenvalue weighted by atomic mass is 9.81. The highest BCUT2D eigenvalue weighted by Gasteiger charge is 2.59. The van der Waals surface area contributed by atoms with Gasteiger partial charge in [0.15, 0.2) is 0 Å². The molecule has 0 aliphatic carbocycles. The Labute approximate surface area is 218 Å². The van der Waals surface area contributed by atoms with Crippen molar-refractivity contribution in [1.82, 2.24) is 19.7 Å². The normalized spacial score (nSPS) is 21.2. The van der Waals surface area contributed by atoms with Crippen molar-refractivity contribution in [2.75, 3.05) is 47.0 Å². The van der Waals surface area contributed by atoms with Crippen LogP contribution >= 0.6 is 0 Å². The van der Waals surface area contributed by atoms with Gasteiger partial charge in [0.05, 0.1) is 13.7 Å². The molecule has 37 heavy (non-hydrogen) atoms. The average Bonchev–Trinajstić information content (AvgIpc) is 3.36. The van der Waals surface area contributed by atoms with Crippen molar-refractivity contribution in [2.45, 2.75) is 38.3 Å². The van der Waals surface area contributed by atoms with Gasteiger partial charge in [0.25, 0.3) is 5.91 Å². The number of fused-ring (bicyclic) bond motifs is 4. The summed E-state index contributed by atoms with van der Waals surface area (Å²) in [7, 11) is 3.35. The number of ether oxygens (including phenoxy) is 2. The molecule has 1 aromatic heterocycles. The maximum Gasteiger partial charge on any atom is 0.328 e. The molecule has 1 unspecified atom stereocenters. The fraction of sp³-hybridized carbons (Fsp3) is 0.448. The number of H-pyrrole nitrogens is 1. The number of rotatable bonds is 10. The van der Waals surface area contributed by atoms with Gasteiger partial charge in [0.2, 0.25) is 0 Å². The zero-order valence-electron chi connectivity index (χ0n) is 22.1. The van der Waals surface area contributed by atoms with Crippen molar-refractivity contribution in [3.8, 4) is 5.75 Å². The Hall–Kier alpha value is -3.36. The molecule has 8 nitrogen and oxygen atoms in total. The molecule has 2 atom stereocenters. The molecule has 0 spiro atoms. The van der Waals surface area contributed by atoms with Gasteiger partial charge in [-0.15, -0.1) is 0 Å². The number of carbonyl (C=O) groups is 2. The second-order valence-corrected chi connectivity index (χ2v) is 10.1. The number of hydrogen-bond acceptors (Lipinski definition) is 5. The maximum atomic E-state index is 14.0. The molecule has 2 aliphatic heterocycles. The van der Waals surface area contributed by atoms with Gasteiger partial charge in [0.1, 0.15) is 17.3 Å². The van der Waals surface area contributed by atoms with Crippen molar-refractivity contribution in [3.05, 3.63) is 65.4 Å². The van der Waals surface area contributed by atoms with E-state index in [4.69, 9.17) is 9.47 Å². The van der Waals surface area contributed by atoms with E-state index >= 15 is 0 Å². The Balaban J connectivity index is 1.51. The van der Waals surface area contributed by atoms with Crippen LogP contribution in [0.2, 0.25) is 0 Å². The number of methoxy groups -OCH3 is 2. The Morgan fingerprint density at radius 2 is 1.89 bits per heavy atom. The number of nitrogens with zero attached hydrogens (tertiary/aromatic N) is 3. The highest BCUT2D eigenvalue weighted by Crippen LogP contribution is 2.49. The summed E-state index contributed by atoms with van der Waals surface area (Å²) in [6.07, 6.45) is 1.18.